The summed E-state index contributed by atoms with van der Waals surface area (Å²) >= 11 is 0. The summed E-state index contributed by atoms with van der Waals surface area (Å²) in [5.41, 5.74) is 1.15. The second-order valence-electron chi connectivity index (χ2n) is 9.60. The van der Waals surface area contributed by atoms with E-state index >= 15 is 0 Å². The Bertz CT molecular complexity index is 1220. The summed E-state index contributed by atoms with van der Waals surface area (Å²) < 4.78 is 28.7. The molecule has 168 valence electrons. The molecular weight excluding hydrogens is 422 g/mol. The SMILES string of the molecule is CC1C2C3CC(C12)N(C)C3C(=O)N[C@H](C#N)Cc1ccc(-c2ccc(C#N)c(F)c2)cc1F. The molecule has 5 rings (SSSR count). The Kier molecular flexibility index (Phi) is 5.18. The normalized spacial score (nSPS) is 30.2. The van der Waals surface area contributed by atoms with Gasteiger partial charge >= 0.3 is 0 Å². The molecule has 2 aliphatic carbocycles. The van der Waals surface area contributed by atoms with Gasteiger partial charge in [-0.15, -0.1) is 0 Å². The van der Waals surface area contributed by atoms with Crippen molar-refractivity contribution >= 4 is 5.91 Å². The number of rotatable bonds is 5. The van der Waals surface area contributed by atoms with Crippen LogP contribution in [-0.4, -0.2) is 36.0 Å². The number of carbonyl (C=O) groups excluding carboxylic acids is 1. The molecule has 2 aromatic rings. The highest BCUT2D eigenvalue weighted by Gasteiger charge is 2.69. The van der Waals surface area contributed by atoms with Gasteiger partial charge in [-0.25, -0.2) is 8.78 Å². The number of likely N-dealkylation sites (N-methyl/N-ethyl adjacent to an activating group) is 1. The molecule has 1 heterocycles. The lowest BCUT2D eigenvalue weighted by molar-refractivity contribution is -0.127. The van der Waals surface area contributed by atoms with E-state index in [0.717, 1.165) is 6.42 Å². The summed E-state index contributed by atoms with van der Waals surface area (Å²) in [4.78, 5) is 15.2. The van der Waals surface area contributed by atoms with Crippen LogP contribution < -0.4 is 5.32 Å². The van der Waals surface area contributed by atoms with E-state index in [4.69, 9.17) is 5.26 Å². The lowest BCUT2D eigenvalue weighted by Gasteiger charge is -2.31. The molecule has 7 heteroatoms. The zero-order valence-corrected chi connectivity index (χ0v) is 18.4. The highest BCUT2D eigenvalue weighted by molar-refractivity contribution is 5.83. The van der Waals surface area contributed by atoms with E-state index in [0.29, 0.717) is 46.4 Å². The fourth-order valence-corrected chi connectivity index (χ4v) is 6.35. The van der Waals surface area contributed by atoms with E-state index in [2.05, 4.69) is 23.2 Å². The van der Waals surface area contributed by atoms with Gasteiger partial charge in [-0.2, -0.15) is 10.5 Å². The van der Waals surface area contributed by atoms with Gasteiger partial charge in [0.15, 0.2) is 0 Å². The molecule has 0 aromatic heterocycles. The van der Waals surface area contributed by atoms with Gasteiger partial charge in [-0.1, -0.05) is 25.1 Å². The van der Waals surface area contributed by atoms with Crippen molar-refractivity contribution in [3.63, 3.8) is 0 Å². The van der Waals surface area contributed by atoms with E-state index in [1.807, 2.05) is 7.05 Å². The Hall–Kier alpha value is -3.29. The average Bonchev–Trinajstić information content (AvgIpc) is 3.14. The maximum absolute atomic E-state index is 14.8. The predicted molar refractivity (Wildman–Crippen MR) is 117 cm³/mol. The Morgan fingerprint density at radius 1 is 1.15 bits per heavy atom. The van der Waals surface area contributed by atoms with Crippen molar-refractivity contribution in [1.82, 2.24) is 10.2 Å². The van der Waals surface area contributed by atoms with Gasteiger partial charge in [0.2, 0.25) is 5.91 Å². The maximum Gasteiger partial charge on any atom is 0.238 e. The molecular formula is C26H24F2N4O. The number of nitriles is 2. The number of hydrogen-bond acceptors (Lipinski definition) is 4. The van der Waals surface area contributed by atoms with Gasteiger partial charge in [-0.05, 0) is 72.0 Å². The number of nitrogens with zero attached hydrogens (tertiary/aromatic N) is 3. The van der Waals surface area contributed by atoms with E-state index in [9.17, 15) is 18.8 Å². The van der Waals surface area contributed by atoms with Crippen LogP contribution in [0.5, 0.6) is 0 Å². The van der Waals surface area contributed by atoms with Crippen LogP contribution in [0.1, 0.15) is 24.5 Å². The molecule has 1 N–H and O–H groups in total. The summed E-state index contributed by atoms with van der Waals surface area (Å²) in [5.74, 6) is 0.968. The Morgan fingerprint density at radius 2 is 1.85 bits per heavy atom. The summed E-state index contributed by atoms with van der Waals surface area (Å²) in [6, 6.07) is 11.8. The van der Waals surface area contributed by atoms with Crippen molar-refractivity contribution in [2.45, 2.75) is 37.9 Å². The summed E-state index contributed by atoms with van der Waals surface area (Å²) in [6.45, 7) is 2.25. The third kappa shape index (κ3) is 3.48. The smallest absolute Gasteiger partial charge is 0.238 e. The molecule has 1 saturated heterocycles. The van der Waals surface area contributed by atoms with Crippen LogP contribution >= 0.6 is 0 Å². The van der Waals surface area contributed by atoms with Crippen molar-refractivity contribution in [2.24, 2.45) is 23.7 Å². The number of hydrogen-bond donors (Lipinski definition) is 1. The largest absolute Gasteiger partial charge is 0.339 e. The minimum Gasteiger partial charge on any atom is -0.339 e. The molecule has 3 aliphatic rings. The highest BCUT2D eigenvalue weighted by atomic mass is 19.1. The number of carbonyl (C=O) groups is 1. The zero-order chi connectivity index (χ0) is 23.4. The third-order valence-corrected chi connectivity index (χ3v) is 7.98. The number of benzene rings is 2. The van der Waals surface area contributed by atoms with Crippen LogP contribution in [0.25, 0.3) is 11.1 Å². The number of piperidine rings is 1. The average molecular weight is 447 g/mol. The quantitative estimate of drug-likeness (QED) is 0.761. The first kappa shape index (κ1) is 21.6. The molecule has 2 bridgehead atoms. The third-order valence-electron chi connectivity index (χ3n) is 7.98. The van der Waals surface area contributed by atoms with Gasteiger partial charge < -0.3 is 5.32 Å². The molecule has 3 fully saturated rings. The van der Waals surface area contributed by atoms with Crippen molar-refractivity contribution < 1.29 is 13.6 Å². The molecule has 0 spiro atoms. The standard InChI is InChI=1S/C26H24F2N4O/c1-13-23-19-10-22(24(13)23)32(2)25(19)26(33)31-18(12-30)7-16-5-3-14(8-20(16)27)15-4-6-17(11-29)21(28)9-15/h3-6,8-9,13,18-19,22-25H,7,10H2,1-2H3,(H,31,33)/t13?,18-,19?,22?,23?,24?,25?/m0/s1. The summed E-state index contributed by atoms with van der Waals surface area (Å²) in [6.07, 6.45) is 1.08. The van der Waals surface area contributed by atoms with Crippen LogP contribution in [0.3, 0.4) is 0 Å². The molecule has 2 aromatic carbocycles. The van der Waals surface area contributed by atoms with Crippen molar-refractivity contribution in [3.05, 3.63) is 59.2 Å². The van der Waals surface area contributed by atoms with E-state index in [-0.39, 0.29) is 23.9 Å². The first-order valence-corrected chi connectivity index (χ1v) is 11.2. The Labute approximate surface area is 191 Å². The molecule has 0 radical (unpaired) electrons. The lowest BCUT2D eigenvalue weighted by Crippen LogP contribution is -2.51. The van der Waals surface area contributed by atoms with E-state index in [1.165, 1.54) is 18.2 Å². The predicted octanol–water partition coefficient (Wildman–Crippen LogP) is 3.64. The Balaban J connectivity index is 1.27. The Morgan fingerprint density at radius 3 is 2.48 bits per heavy atom. The van der Waals surface area contributed by atoms with Gasteiger partial charge in [0.05, 0.1) is 17.7 Å². The van der Waals surface area contributed by atoms with Gasteiger partial charge in [0.1, 0.15) is 23.7 Å². The van der Waals surface area contributed by atoms with Gasteiger partial charge in [0, 0.05) is 12.5 Å². The lowest BCUT2D eigenvalue weighted by atomic mass is 9.94. The highest BCUT2D eigenvalue weighted by Crippen LogP contribution is 2.66. The zero-order valence-electron chi connectivity index (χ0n) is 18.4. The molecule has 1 aliphatic heterocycles. The minimum absolute atomic E-state index is 0.0447. The number of halogens is 2. The van der Waals surface area contributed by atoms with Crippen LogP contribution in [-0.2, 0) is 11.2 Å². The molecule has 1 amide bonds. The minimum atomic E-state index is -0.842. The van der Waals surface area contributed by atoms with Crippen LogP contribution in [0.15, 0.2) is 36.4 Å². The molecule has 2 saturated carbocycles. The molecule has 5 nitrogen and oxygen atoms in total. The van der Waals surface area contributed by atoms with Gasteiger partial charge in [-0.3, -0.25) is 9.69 Å². The van der Waals surface area contributed by atoms with Crippen molar-refractivity contribution in [3.8, 4) is 23.3 Å². The van der Waals surface area contributed by atoms with Crippen LogP contribution in [0, 0.1) is 58.0 Å². The maximum atomic E-state index is 14.8. The number of amides is 1. The number of likely N-dealkylation sites (tertiary alicyclic amines) is 1. The summed E-state index contributed by atoms with van der Waals surface area (Å²) in [5, 5.41) is 21.3. The van der Waals surface area contributed by atoms with Gasteiger partial charge in [0.25, 0.3) is 0 Å². The molecule has 7 atom stereocenters. The second-order valence-corrected chi connectivity index (χ2v) is 9.60. The summed E-state index contributed by atoms with van der Waals surface area (Å²) in [7, 11) is 1.99. The first-order chi connectivity index (χ1) is 15.8. The number of fused-ring (bicyclic) bond motifs is 5. The molecule has 33 heavy (non-hydrogen) atoms. The fourth-order valence-electron chi connectivity index (χ4n) is 6.35. The van der Waals surface area contributed by atoms with Crippen molar-refractivity contribution in [1.29, 1.82) is 10.5 Å². The first-order valence-electron chi connectivity index (χ1n) is 11.2. The van der Waals surface area contributed by atoms with Crippen LogP contribution in [0.2, 0.25) is 0 Å². The second kappa shape index (κ2) is 7.93. The van der Waals surface area contributed by atoms with E-state index in [1.54, 1.807) is 24.3 Å². The van der Waals surface area contributed by atoms with E-state index < -0.39 is 17.7 Å². The fraction of sp³-hybridized carbons (Fsp3) is 0.423. The van der Waals surface area contributed by atoms with Crippen LogP contribution in [0.4, 0.5) is 8.78 Å². The molecule has 6 unspecified atom stereocenters. The topological polar surface area (TPSA) is 79.9 Å². The number of nitrogens with one attached hydrogen (secondary N) is 1. The monoisotopic (exact) mass is 446 g/mol. The van der Waals surface area contributed by atoms with Crippen molar-refractivity contribution in [2.75, 3.05) is 7.05 Å².